The van der Waals surface area contributed by atoms with Crippen LogP contribution < -0.4 is 10.6 Å². The number of thiocarbonyl (C=S) groups is 1. The quantitative estimate of drug-likeness (QED) is 0.280. The molecule has 0 aliphatic heterocycles. The molecule has 0 bridgehead atoms. The van der Waals surface area contributed by atoms with Gasteiger partial charge in [0.15, 0.2) is 10.7 Å². The summed E-state index contributed by atoms with van der Waals surface area (Å²) in [5, 5.41) is 6.43. The molecule has 0 spiro atoms. The van der Waals surface area contributed by atoms with Crippen LogP contribution in [0.1, 0.15) is 42.1 Å². The predicted octanol–water partition coefficient (Wildman–Crippen LogP) is 7.44. The van der Waals surface area contributed by atoms with Crippen LogP contribution in [0.2, 0.25) is 10.0 Å². The van der Waals surface area contributed by atoms with Gasteiger partial charge in [-0.2, -0.15) is 0 Å². The molecule has 1 aromatic heterocycles. The normalized spacial score (nSPS) is 11.9. The van der Waals surface area contributed by atoms with Gasteiger partial charge >= 0.3 is 0 Å². The van der Waals surface area contributed by atoms with Gasteiger partial charge in [-0.05, 0) is 84.7 Å². The van der Waals surface area contributed by atoms with Crippen molar-refractivity contribution >= 4 is 63.2 Å². The zero-order chi connectivity index (χ0) is 23.5. The van der Waals surface area contributed by atoms with Gasteiger partial charge in [-0.15, -0.1) is 0 Å². The summed E-state index contributed by atoms with van der Waals surface area (Å²) in [5.74, 6) is 0.573. The van der Waals surface area contributed by atoms with Crippen LogP contribution in [0.3, 0.4) is 0 Å². The number of benzene rings is 3. The summed E-state index contributed by atoms with van der Waals surface area (Å²) in [4.78, 5) is 17.1. The third-order valence-electron chi connectivity index (χ3n) is 5.38. The number of rotatable bonds is 5. The van der Waals surface area contributed by atoms with Crippen LogP contribution in [0.15, 0.2) is 65.1 Å². The molecule has 0 saturated heterocycles. The van der Waals surface area contributed by atoms with E-state index in [0.29, 0.717) is 27.5 Å². The van der Waals surface area contributed by atoms with Crippen molar-refractivity contribution < 1.29 is 9.21 Å². The van der Waals surface area contributed by atoms with Crippen LogP contribution in [0.5, 0.6) is 0 Å². The van der Waals surface area contributed by atoms with Gasteiger partial charge in [0, 0.05) is 16.3 Å². The topological polar surface area (TPSA) is 67.2 Å². The van der Waals surface area contributed by atoms with Crippen molar-refractivity contribution in [2.75, 3.05) is 5.32 Å². The van der Waals surface area contributed by atoms with Gasteiger partial charge in [-0.3, -0.25) is 10.1 Å². The molecular weight excluding hydrogens is 477 g/mol. The molecule has 0 aliphatic rings. The third-order valence-corrected chi connectivity index (χ3v) is 6.15. The highest BCUT2D eigenvalue weighted by molar-refractivity contribution is 7.80. The zero-order valence-corrected chi connectivity index (χ0v) is 20.3. The highest BCUT2D eigenvalue weighted by atomic mass is 35.5. The molecule has 3 aromatic carbocycles. The van der Waals surface area contributed by atoms with Crippen molar-refractivity contribution in [2.24, 2.45) is 0 Å². The Bertz CT molecular complexity index is 1340. The molecule has 0 aliphatic carbocycles. The maximum Gasteiger partial charge on any atom is 0.258 e. The van der Waals surface area contributed by atoms with Crippen molar-refractivity contribution in [3.8, 4) is 11.5 Å². The van der Waals surface area contributed by atoms with E-state index in [-0.39, 0.29) is 10.7 Å². The van der Waals surface area contributed by atoms with Crippen LogP contribution in [-0.2, 0) is 0 Å². The molecule has 0 saturated carbocycles. The third kappa shape index (κ3) is 5.36. The number of halogens is 2. The van der Waals surface area contributed by atoms with Crippen LogP contribution in [-0.4, -0.2) is 16.0 Å². The van der Waals surface area contributed by atoms with E-state index in [1.54, 1.807) is 12.1 Å². The van der Waals surface area contributed by atoms with Gasteiger partial charge in [0.05, 0.1) is 10.6 Å². The number of aromatic nitrogens is 1. The first kappa shape index (κ1) is 23.2. The summed E-state index contributed by atoms with van der Waals surface area (Å²) in [5.41, 5.74) is 4.63. The Morgan fingerprint density at radius 1 is 1.09 bits per heavy atom. The predicted molar refractivity (Wildman–Crippen MR) is 138 cm³/mol. The number of anilines is 1. The minimum Gasteiger partial charge on any atom is -0.436 e. The van der Waals surface area contributed by atoms with E-state index < -0.39 is 5.91 Å². The molecule has 1 atom stereocenters. The number of nitrogens with zero attached hydrogens (tertiary/aromatic N) is 1. The Kier molecular flexibility index (Phi) is 6.98. The largest absolute Gasteiger partial charge is 0.436 e. The lowest BCUT2D eigenvalue weighted by molar-refractivity contribution is 0.0978. The van der Waals surface area contributed by atoms with Crippen LogP contribution >= 0.6 is 35.4 Å². The van der Waals surface area contributed by atoms with E-state index in [1.807, 2.05) is 30.3 Å². The Labute approximate surface area is 207 Å². The molecule has 33 heavy (non-hydrogen) atoms. The molecule has 0 fully saturated rings. The summed E-state index contributed by atoms with van der Waals surface area (Å²) in [7, 11) is 0. The molecule has 8 heteroatoms. The maximum absolute atomic E-state index is 12.4. The molecule has 0 radical (unpaired) electrons. The number of oxazole rings is 1. The Morgan fingerprint density at radius 3 is 2.58 bits per heavy atom. The van der Waals surface area contributed by atoms with E-state index in [4.69, 9.17) is 39.8 Å². The Balaban J connectivity index is 1.44. The second-order valence-corrected chi connectivity index (χ2v) is 8.92. The summed E-state index contributed by atoms with van der Waals surface area (Å²) in [6.07, 6.45) is 1.07. The fraction of sp³-hybridized carbons (Fsp3) is 0.160. The van der Waals surface area contributed by atoms with E-state index >= 15 is 0 Å². The number of hydrogen-bond acceptors (Lipinski definition) is 4. The average molecular weight is 498 g/mol. The first-order chi connectivity index (χ1) is 15.8. The maximum atomic E-state index is 12.4. The van der Waals surface area contributed by atoms with Crippen molar-refractivity contribution in [3.05, 3.63) is 81.8 Å². The molecule has 1 unspecified atom stereocenters. The van der Waals surface area contributed by atoms with Gasteiger partial charge in [-0.25, -0.2) is 4.98 Å². The molecule has 1 amide bonds. The van der Waals surface area contributed by atoms with Crippen LogP contribution in [0.4, 0.5) is 5.69 Å². The number of nitrogens with one attached hydrogen (secondary N) is 2. The van der Waals surface area contributed by atoms with Crippen molar-refractivity contribution in [3.63, 3.8) is 0 Å². The van der Waals surface area contributed by atoms with Gasteiger partial charge in [-0.1, -0.05) is 43.1 Å². The molecule has 4 aromatic rings. The van der Waals surface area contributed by atoms with Crippen molar-refractivity contribution in [1.82, 2.24) is 10.3 Å². The highest BCUT2D eigenvalue weighted by Gasteiger charge is 2.14. The standard InChI is InChI=1S/C25H21Cl2N3O2S/c1-3-14(2)16-6-11-22-21(12-16)29-24(32-22)15-4-8-18(9-5-15)28-25(33)30-23(31)19-13-17(26)7-10-20(19)27/h4-14H,3H2,1-2H3,(H2,28,30,31,33). The smallest absolute Gasteiger partial charge is 0.258 e. The average Bonchev–Trinajstić information content (AvgIpc) is 3.23. The second-order valence-electron chi connectivity index (χ2n) is 7.67. The van der Waals surface area contributed by atoms with Crippen molar-refractivity contribution in [2.45, 2.75) is 26.2 Å². The fourth-order valence-corrected chi connectivity index (χ4v) is 3.90. The highest BCUT2D eigenvalue weighted by Crippen LogP contribution is 2.28. The lowest BCUT2D eigenvalue weighted by Gasteiger charge is -2.11. The van der Waals surface area contributed by atoms with Crippen LogP contribution in [0.25, 0.3) is 22.6 Å². The number of hydrogen-bond donors (Lipinski definition) is 2. The molecule has 4 rings (SSSR count). The Hall–Kier alpha value is -2.93. The first-order valence-corrected chi connectivity index (χ1v) is 11.6. The van der Waals surface area contributed by atoms with Crippen molar-refractivity contribution in [1.29, 1.82) is 0 Å². The van der Waals surface area contributed by atoms with E-state index in [0.717, 1.165) is 23.1 Å². The van der Waals surface area contributed by atoms with E-state index in [2.05, 4.69) is 41.6 Å². The van der Waals surface area contributed by atoms with Gasteiger partial charge in [0.25, 0.3) is 5.91 Å². The summed E-state index contributed by atoms with van der Waals surface area (Å²) >= 11 is 17.3. The second kappa shape index (κ2) is 9.91. The first-order valence-electron chi connectivity index (χ1n) is 10.4. The molecular formula is C25H21Cl2N3O2S. The summed E-state index contributed by atoms with van der Waals surface area (Å²) < 4.78 is 5.93. The van der Waals surface area contributed by atoms with Gasteiger partial charge < -0.3 is 9.73 Å². The van der Waals surface area contributed by atoms with Gasteiger partial charge in [0.1, 0.15) is 5.52 Å². The Morgan fingerprint density at radius 2 is 1.85 bits per heavy atom. The van der Waals surface area contributed by atoms with Crippen LogP contribution in [0, 0.1) is 0 Å². The van der Waals surface area contributed by atoms with Gasteiger partial charge in [0.2, 0.25) is 5.89 Å². The SMILES string of the molecule is CCC(C)c1ccc2oc(-c3ccc(NC(=S)NC(=O)c4cc(Cl)ccc4Cl)cc3)nc2c1. The molecule has 5 nitrogen and oxygen atoms in total. The molecule has 1 heterocycles. The number of carbonyl (C=O) groups is 1. The van der Waals surface area contributed by atoms with E-state index in [9.17, 15) is 4.79 Å². The number of amides is 1. The molecule has 168 valence electrons. The minimum atomic E-state index is -0.445. The monoisotopic (exact) mass is 497 g/mol. The van der Waals surface area contributed by atoms with E-state index in [1.165, 1.54) is 11.6 Å². The number of carbonyl (C=O) groups excluding carboxylic acids is 1. The zero-order valence-electron chi connectivity index (χ0n) is 18.0. The summed E-state index contributed by atoms with van der Waals surface area (Å²) in [6, 6.07) is 18.2. The lowest BCUT2D eigenvalue weighted by atomic mass is 9.98. The number of fused-ring (bicyclic) bond motifs is 1. The fourth-order valence-electron chi connectivity index (χ4n) is 3.31. The molecule has 2 N–H and O–H groups in total. The lowest BCUT2D eigenvalue weighted by Crippen LogP contribution is -2.34. The summed E-state index contributed by atoms with van der Waals surface area (Å²) in [6.45, 7) is 4.37. The minimum absolute atomic E-state index is 0.142.